The fourth-order valence-electron chi connectivity index (χ4n) is 5.83. The van der Waals surface area contributed by atoms with E-state index in [0.29, 0.717) is 11.5 Å². The van der Waals surface area contributed by atoms with Crippen LogP contribution in [-0.2, 0) is 12.8 Å². The van der Waals surface area contributed by atoms with E-state index in [9.17, 15) is 0 Å². The third-order valence-corrected chi connectivity index (χ3v) is 7.13. The van der Waals surface area contributed by atoms with Crippen LogP contribution in [0.5, 0.6) is 0 Å². The Balaban J connectivity index is 1.45. The lowest BCUT2D eigenvalue weighted by molar-refractivity contribution is 0.0727. The van der Waals surface area contributed by atoms with Gasteiger partial charge in [0, 0.05) is 12.1 Å². The standard InChI is InChI=1S/C23H36N2/c1-2-3-6-13-24-21-18-23(12-11-22(21)25-14-7-8-15-25)16-19-9-4-5-10-20(19)17-23/h4-5,9-10,21-22,24H,2-3,6-8,11-18H2,1H3. The Hall–Kier alpha value is -0.860. The summed E-state index contributed by atoms with van der Waals surface area (Å²) in [6.45, 7) is 6.19. The number of benzene rings is 1. The van der Waals surface area contributed by atoms with Gasteiger partial charge in [-0.15, -0.1) is 0 Å². The van der Waals surface area contributed by atoms with Gasteiger partial charge in [-0.1, -0.05) is 44.0 Å². The van der Waals surface area contributed by atoms with E-state index in [2.05, 4.69) is 41.4 Å². The molecule has 2 fully saturated rings. The summed E-state index contributed by atoms with van der Waals surface area (Å²) in [5, 5.41) is 4.02. The van der Waals surface area contributed by atoms with Gasteiger partial charge in [-0.05, 0) is 87.5 Å². The Morgan fingerprint density at radius 3 is 2.48 bits per heavy atom. The molecule has 1 aromatic carbocycles. The molecule has 1 aromatic rings. The van der Waals surface area contributed by atoms with Crippen LogP contribution in [0.25, 0.3) is 0 Å². The summed E-state index contributed by atoms with van der Waals surface area (Å²) in [6.07, 6.45) is 13.7. The van der Waals surface area contributed by atoms with E-state index >= 15 is 0 Å². The summed E-state index contributed by atoms with van der Waals surface area (Å²) in [6, 6.07) is 10.7. The molecule has 1 saturated carbocycles. The highest BCUT2D eigenvalue weighted by Crippen LogP contribution is 2.48. The fourth-order valence-corrected chi connectivity index (χ4v) is 5.83. The molecule has 1 heterocycles. The van der Waals surface area contributed by atoms with Gasteiger partial charge in [-0.2, -0.15) is 0 Å². The monoisotopic (exact) mass is 340 g/mol. The number of nitrogens with one attached hydrogen (secondary N) is 1. The van der Waals surface area contributed by atoms with Crippen LogP contribution in [0.15, 0.2) is 24.3 Å². The molecule has 2 aliphatic carbocycles. The molecule has 2 nitrogen and oxygen atoms in total. The number of fused-ring (bicyclic) bond motifs is 1. The molecule has 138 valence electrons. The van der Waals surface area contributed by atoms with Crippen LogP contribution in [-0.4, -0.2) is 36.6 Å². The summed E-state index contributed by atoms with van der Waals surface area (Å²) >= 11 is 0. The topological polar surface area (TPSA) is 15.3 Å². The zero-order valence-electron chi connectivity index (χ0n) is 16.1. The molecule has 0 radical (unpaired) electrons. The molecular formula is C23H36N2. The highest BCUT2D eigenvalue weighted by Gasteiger charge is 2.45. The zero-order chi connectivity index (χ0) is 17.1. The Labute approximate surface area is 154 Å². The van der Waals surface area contributed by atoms with Crippen LogP contribution in [0.4, 0.5) is 0 Å². The number of hydrogen-bond donors (Lipinski definition) is 1. The first kappa shape index (κ1) is 17.5. The molecule has 0 bridgehead atoms. The van der Waals surface area contributed by atoms with Crippen molar-refractivity contribution in [2.75, 3.05) is 19.6 Å². The molecule has 2 unspecified atom stereocenters. The lowest BCUT2D eigenvalue weighted by Crippen LogP contribution is -2.55. The third kappa shape index (κ3) is 3.80. The van der Waals surface area contributed by atoms with Gasteiger partial charge in [0.05, 0.1) is 0 Å². The van der Waals surface area contributed by atoms with Crippen molar-refractivity contribution in [2.45, 2.75) is 83.2 Å². The average molecular weight is 341 g/mol. The molecule has 1 spiro atoms. The third-order valence-electron chi connectivity index (χ3n) is 7.13. The number of hydrogen-bond acceptors (Lipinski definition) is 2. The first-order valence-corrected chi connectivity index (χ1v) is 10.8. The van der Waals surface area contributed by atoms with Gasteiger partial charge >= 0.3 is 0 Å². The Morgan fingerprint density at radius 2 is 1.80 bits per heavy atom. The molecule has 1 saturated heterocycles. The maximum atomic E-state index is 4.02. The summed E-state index contributed by atoms with van der Waals surface area (Å²) in [4.78, 5) is 2.81. The average Bonchev–Trinajstić information content (AvgIpc) is 3.26. The predicted molar refractivity (Wildman–Crippen MR) is 106 cm³/mol. The van der Waals surface area contributed by atoms with Gasteiger partial charge in [0.25, 0.3) is 0 Å². The minimum atomic E-state index is 0.544. The smallest absolute Gasteiger partial charge is 0.0249 e. The lowest BCUT2D eigenvalue weighted by Gasteiger charge is -2.46. The maximum Gasteiger partial charge on any atom is 0.0249 e. The maximum absolute atomic E-state index is 4.02. The minimum Gasteiger partial charge on any atom is -0.312 e. The first-order valence-electron chi connectivity index (χ1n) is 10.8. The molecule has 1 aliphatic heterocycles. The molecule has 3 aliphatic rings. The summed E-state index contributed by atoms with van der Waals surface area (Å²) < 4.78 is 0. The van der Waals surface area contributed by atoms with Crippen molar-refractivity contribution in [3.8, 4) is 0 Å². The number of unbranched alkanes of at least 4 members (excludes halogenated alkanes) is 2. The van der Waals surface area contributed by atoms with Crippen molar-refractivity contribution < 1.29 is 0 Å². The van der Waals surface area contributed by atoms with Crippen molar-refractivity contribution in [1.29, 1.82) is 0 Å². The van der Waals surface area contributed by atoms with Crippen molar-refractivity contribution >= 4 is 0 Å². The Morgan fingerprint density at radius 1 is 1.08 bits per heavy atom. The Kier molecular flexibility index (Phi) is 5.47. The van der Waals surface area contributed by atoms with Crippen LogP contribution in [0.1, 0.15) is 69.4 Å². The summed E-state index contributed by atoms with van der Waals surface area (Å²) in [5.41, 5.74) is 3.81. The molecular weight excluding hydrogens is 304 g/mol. The quantitative estimate of drug-likeness (QED) is 0.763. The second-order valence-electron chi connectivity index (χ2n) is 8.94. The number of likely N-dealkylation sites (tertiary alicyclic amines) is 1. The van der Waals surface area contributed by atoms with Crippen LogP contribution >= 0.6 is 0 Å². The second-order valence-corrected chi connectivity index (χ2v) is 8.94. The van der Waals surface area contributed by atoms with Crippen molar-refractivity contribution in [3.05, 3.63) is 35.4 Å². The van der Waals surface area contributed by atoms with Crippen LogP contribution < -0.4 is 5.32 Å². The number of rotatable bonds is 6. The second kappa shape index (κ2) is 7.80. The highest BCUT2D eigenvalue weighted by atomic mass is 15.2. The van der Waals surface area contributed by atoms with Crippen LogP contribution in [0.2, 0.25) is 0 Å². The van der Waals surface area contributed by atoms with Gasteiger partial charge < -0.3 is 5.32 Å². The first-order chi connectivity index (χ1) is 12.3. The Bertz CT molecular complexity index is 536. The van der Waals surface area contributed by atoms with E-state index in [-0.39, 0.29) is 0 Å². The van der Waals surface area contributed by atoms with Crippen LogP contribution in [0, 0.1) is 5.41 Å². The van der Waals surface area contributed by atoms with E-state index < -0.39 is 0 Å². The molecule has 2 heteroatoms. The van der Waals surface area contributed by atoms with Gasteiger partial charge in [0.2, 0.25) is 0 Å². The van der Waals surface area contributed by atoms with Crippen molar-refractivity contribution in [3.63, 3.8) is 0 Å². The van der Waals surface area contributed by atoms with Crippen LogP contribution in [0.3, 0.4) is 0 Å². The highest BCUT2D eigenvalue weighted by molar-refractivity contribution is 5.35. The molecule has 1 N–H and O–H groups in total. The van der Waals surface area contributed by atoms with Gasteiger partial charge in [-0.3, -0.25) is 4.90 Å². The van der Waals surface area contributed by atoms with Crippen molar-refractivity contribution in [2.24, 2.45) is 5.41 Å². The van der Waals surface area contributed by atoms with E-state index in [0.717, 1.165) is 6.04 Å². The van der Waals surface area contributed by atoms with Gasteiger partial charge in [-0.25, -0.2) is 0 Å². The molecule has 2 atom stereocenters. The summed E-state index contributed by atoms with van der Waals surface area (Å²) in [5.74, 6) is 0. The van der Waals surface area contributed by atoms with E-state index in [1.165, 1.54) is 83.8 Å². The SMILES string of the molecule is CCCCCNC1CC2(CCC1N1CCCC1)Cc1ccccc1C2. The van der Waals surface area contributed by atoms with Gasteiger partial charge in [0.1, 0.15) is 0 Å². The predicted octanol–water partition coefficient (Wildman–Crippen LogP) is 4.57. The molecule has 4 rings (SSSR count). The van der Waals surface area contributed by atoms with Crippen molar-refractivity contribution in [1.82, 2.24) is 10.2 Å². The number of nitrogens with zero attached hydrogens (tertiary/aromatic N) is 1. The van der Waals surface area contributed by atoms with Gasteiger partial charge in [0.15, 0.2) is 0 Å². The van der Waals surface area contributed by atoms with E-state index in [1.54, 1.807) is 11.1 Å². The largest absolute Gasteiger partial charge is 0.312 e. The fraction of sp³-hybridized carbons (Fsp3) is 0.739. The molecule has 25 heavy (non-hydrogen) atoms. The molecule has 0 amide bonds. The lowest BCUT2D eigenvalue weighted by atomic mass is 9.68. The normalized spacial score (nSPS) is 28.5. The summed E-state index contributed by atoms with van der Waals surface area (Å²) in [7, 11) is 0. The van der Waals surface area contributed by atoms with E-state index in [4.69, 9.17) is 0 Å². The van der Waals surface area contributed by atoms with E-state index in [1.807, 2.05) is 0 Å². The zero-order valence-corrected chi connectivity index (χ0v) is 16.1. The minimum absolute atomic E-state index is 0.544. The molecule has 0 aromatic heterocycles.